The van der Waals surface area contributed by atoms with Gasteiger partial charge in [0.15, 0.2) is 4.90 Å². The van der Waals surface area contributed by atoms with Crippen LogP contribution in [0.3, 0.4) is 0 Å². The van der Waals surface area contributed by atoms with Gasteiger partial charge < -0.3 is 9.64 Å². The molecule has 0 radical (unpaired) electrons. The van der Waals surface area contributed by atoms with Crippen LogP contribution in [0, 0.1) is 16.0 Å². The average Bonchev–Trinajstić information content (AvgIpc) is 2.73. The van der Waals surface area contributed by atoms with E-state index >= 15 is 0 Å². The lowest BCUT2D eigenvalue weighted by molar-refractivity contribution is -0.387. The summed E-state index contributed by atoms with van der Waals surface area (Å²) in [4.78, 5) is 27.6. The summed E-state index contributed by atoms with van der Waals surface area (Å²) in [7, 11) is -4.03. The number of morpholine rings is 1. The molecule has 0 saturated carbocycles. The second-order valence-corrected chi connectivity index (χ2v) is 10.8. The minimum absolute atomic E-state index is 0.0101. The number of nitro benzene ring substituents is 1. The van der Waals surface area contributed by atoms with Crippen LogP contribution in [-0.4, -0.2) is 90.9 Å². The molecule has 0 spiro atoms. The van der Waals surface area contributed by atoms with E-state index in [-0.39, 0.29) is 61.1 Å². The number of carbonyl (C=O) groups is 1. The number of piperazine rings is 1. The van der Waals surface area contributed by atoms with E-state index in [0.717, 1.165) is 0 Å². The number of amides is 1. The fourth-order valence-electron chi connectivity index (χ4n) is 4.61. The highest BCUT2D eigenvalue weighted by molar-refractivity contribution is 7.89. The van der Waals surface area contributed by atoms with Gasteiger partial charge in [-0.2, -0.15) is 4.31 Å². The van der Waals surface area contributed by atoms with Gasteiger partial charge in [0.2, 0.25) is 15.9 Å². The molecule has 1 aromatic carbocycles. The van der Waals surface area contributed by atoms with E-state index < -0.39 is 20.6 Å². The molecule has 11 heteroatoms. The summed E-state index contributed by atoms with van der Waals surface area (Å²) in [5.41, 5.74) is -0.443. The minimum atomic E-state index is -4.03. The molecule has 0 bridgehead atoms. The summed E-state index contributed by atoms with van der Waals surface area (Å²) < 4.78 is 33.1. The van der Waals surface area contributed by atoms with Crippen molar-refractivity contribution in [3.05, 3.63) is 34.4 Å². The summed E-state index contributed by atoms with van der Waals surface area (Å²) in [6.45, 7) is 10.1. The van der Waals surface area contributed by atoms with Crippen molar-refractivity contribution in [2.45, 2.75) is 50.8 Å². The maximum Gasteiger partial charge on any atom is 0.289 e. The van der Waals surface area contributed by atoms with E-state index in [9.17, 15) is 23.3 Å². The van der Waals surface area contributed by atoms with Gasteiger partial charge in [0, 0.05) is 45.3 Å². The number of hydrogen-bond donors (Lipinski definition) is 0. The van der Waals surface area contributed by atoms with Gasteiger partial charge in [0.1, 0.15) is 0 Å². The summed E-state index contributed by atoms with van der Waals surface area (Å²) in [6, 6.07) is 5.04. The molecule has 2 saturated heterocycles. The van der Waals surface area contributed by atoms with Gasteiger partial charge in [-0.05, 0) is 25.8 Å². The van der Waals surface area contributed by atoms with E-state index in [2.05, 4.69) is 4.90 Å². The van der Waals surface area contributed by atoms with E-state index in [1.807, 2.05) is 27.7 Å². The zero-order chi connectivity index (χ0) is 23.6. The molecule has 178 valence electrons. The first-order chi connectivity index (χ1) is 15.0. The van der Waals surface area contributed by atoms with Crippen molar-refractivity contribution >= 4 is 21.6 Å². The highest BCUT2D eigenvalue weighted by Crippen LogP contribution is 2.27. The molecule has 3 unspecified atom stereocenters. The Bertz CT molecular complexity index is 935. The van der Waals surface area contributed by atoms with Crippen LogP contribution in [0.25, 0.3) is 0 Å². The molecule has 2 aliphatic rings. The van der Waals surface area contributed by atoms with Gasteiger partial charge >= 0.3 is 0 Å². The number of carbonyl (C=O) groups excluding carboxylic acids is 1. The van der Waals surface area contributed by atoms with Crippen LogP contribution in [0.4, 0.5) is 5.69 Å². The molecule has 1 amide bonds. The molecule has 2 heterocycles. The van der Waals surface area contributed by atoms with Crippen molar-refractivity contribution in [2.24, 2.45) is 5.92 Å². The molecule has 0 N–H and O–H groups in total. The van der Waals surface area contributed by atoms with Gasteiger partial charge in [-0.25, -0.2) is 8.42 Å². The molecule has 1 aromatic rings. The number of nitrogens with zero attached hydrogens (tertiary/aromatic N) is 4. The van der Waals surface area contributed by atoms with E-state index in [4.69, 9.17) is 4.74 Å². The van der Waals surface area contributed by atoms with Crippen LogP contribution in [0.5, 0.6) is 0 Å². The normalized spacial score (nSPS) is 24.5. The van der Waals surface area contributed by atoms with Crippen LogP contribution in [0.15, 0.2) is 29.2 Å². The fraction of sp³-hybridized carbons (Fsp3) is 0.667. The largest absolute Gasteiger partial charge is 0.373 e. The summed E-state index contributed by atoms with van der Waals surface area (Å²) in [6.07, 6.45) is 0.0768. The van der Waals surface area contributed by atoms with Crippen LogP contribution >= 0.6 is 0 Å². The molecule has 32 heavy (non-hydrogen) atoms. The first-order valence-corrected chi connectivity index (χ1v) is 12.4. The predicted molar refractivity (Wildman–Crippen MR) is 119 cm³/mol. The van der Waals surface area contributed by atoms with Crippen LogP contribution < -0.4 is 0 Å². The molecule has 3 atom stereocenters. The molecule has 3 rings (SSSR count). The van der Waals surface area contributed by atoms with Gasteiger partial charge in [-0.15, -0.1) is 0 Å². The number of benzene rings is 1. The second kappa shape index (κ2) is 9.82. The second-order valence-electron chi connectivity index (χ2n) is 8.85. The van der Waals surface area contributed by atoms with Crippen molar-refractivity contribution in [3.63, 3.8) is 0 Å². The minimum Gasteiger partial charge on any atom is -0.373 e. The summed E-state index contributed by atoms with van der Waals surface area (Å²) in [5, 5.41) is 11.3. The third-order valence-corrected chi connectivity index (χ3v) is 7.90. The lowest BCUT2D eigenvalue weighted by atomic mass is 9.98. The Morgan fingerprint density at radius 1 is 1.09 bits per heavy atom. The standard InChI is InChI=1S/C21H32N4O6S/c1-15(2)20(23-13-16(3)31-17(4)14-23)21(26)22-9-11-24(12-10-22)32(29,30)19-8-6-5-7-18(19)25(27)28/h5-8,15-17,20H,9-14H2,1-4H3. The topological polar surface area (TPSA) is 113 Å². The SMILES string of the molecule is CC1CN(C(C(=O)N2CCN(S(=O)(=O)c3ccccc3[N+](=O)[O-])CC2)C(C)C)CC(C)O1. The van der Waals surface area contributed by atoms with Crippen molar-refractivity contribution in [2.75, 3.05) is 39.3 Å². The fourth-order valence-corrected chi connectivity index (χ4v) is 6.19. The van der Waals surface area contributed by atoms with Crippen molar-refractivity contribution in [3.8, 4) is 0 Å². The Morgan fingerprint density at radius 3 is 2.19 bits per heavy atom. The maximum absolute atomic E-state index is 13.4. The first-order valence-electron chi connectivity index (χ1n) is 10.9. The highest BCUT2D eigenvalue weighted by Gasteiger charge is 2.39. The monoisotopic (exact) mass is 468 g/mol. The number of sulfonamides is 1. The number of hydrogen-bond acceptors (Lipinski definition) is 7. The highest BCUT2D eigenvalue weighted by atomic mass is 32.2. The zero-order valence-electron chi connectivity index (χ0n) is 19.0. The molecular formula is C21H32N4O6S. The van der Waals surface area contributed by atoms with E-state index in [1.165, 1.54) is 28.6 Å². The van der Waals surface area contributed by atoms with Gasteiger partial charge in [0.05, 0.1) is 23.2 Å². The van der Waals surface area contributed by atoms with Gasteiger partial charge in [0.25, 0.3) is 5.69 Å². The Hall–Kier alpha value is -2.08. The molecule has 10 nitrogen and oxygen atoms in total. The van der Waals surface area contributed by atoms with Crippen molar-refractivity contribution in [1.82, 2.24) is 14.1 Å². The van der Waals surface area contributed by atoms with E-state index in [0.29, 0.717) is 13.1 Å². The van der Waals surface area contributed by atoms with Crippen molar-refractivity contribution in [1.29, 1.82) is 0 Å². The third kappa shape index (κ3) is 5.11. The number of ether oxygens (including phenoxy) is 1. The molecule has 2 fully saturated rings. The lowest BCUT2D eigenvalue weighted by Gasteiger charge is -2.43. The molecule has 0 aliphatic carbocycles. The predicted octanol–water partition coefficient (Wildman–Crippen LogP) is 1.56. The lowest BCUT2D eigenvalue weighted by Crippen LogP contribution is -2.60. The van der Waals surface area contributed by atoms with Crippen LogP contribution in [0.1, 0.15) is 27.7 Å². The van der Waals surface area contributed by atoms with Gasteiger partial charge in [-0.1, -0.05) is 26.0 Å². The Kier molecular flexibility index (Phi) is 7.53. The van der Waals surface area contributed by atoms with Crippen LogP contribution in [-0.2, 0) is 19.6 Å². The summed E-state index contributed by atoms with van der Waals surface area (Å²) >= 11 is 0. The zero-order valence-corrected chi connectivity index (χ0v) is 19.8. The van der Waals surface area contributed by atoms with Crippen molar-refractivity contribution < 1.29 is 22.9 Å². The van der Waals surface area contributed by atoms with Crippen LogP contribution in [0.2, 0.25) is 0 Å². The maximum atomic E-state index is 13.4. The summed E-state index contributed by atoms with van der Waals surface area (Å²) in [5.74, 6) is 0.0813. The molecular weight excluding hydrogens is 436 g/mol. The average molecular weight is 469 g/mol. The Labute approximate surface area is 189 Å². The number of rotatable bonds is 6. The first kappa shape index (κ1) is 24.6. The number of para-hydroxylation sites is 1. The molecule has 0 aromatic heterocycles. The molecule has 2 aliphatic heterocycles. The van der Waals surface area contributed by atoms with E-state index in [1.54, 1.807) is 4.90 Å². The smallest absolute Gasteiger partial charge is 0.289 e. The Morgan fingerprint density at radius 2 is 1.66 bits per heavy atom. The Balaban J connectivity index is 1.72. The third-order valence-electron chi connectivity index (χ3n) is 5.96. The number of nitro groups is 1. The quantitative estimate of drug-likeness (QED) is 0.460. The van der Waals surface area contributed by atoms with Gasteiger partial charge in [-0.3, -0.25) is 19.8 Å².